The van der Waals surface area contributed by atoms with E-state index >= 15 is 0 Å². The molecule has 0 aromatic heterocycles. The molecule has 0 amide bonds. The van der Waals surface area contributed by atoms with Crippen LogP contribution in [0.2, 0.25) is 0 Å². The largest absolute Gasteiger partial charge is 0.481 e. The molecule has 0 aliphatic rings. The summed E-state index contributed by atoms with van der Waals surface area (Å²) in [5.74, 6) is 0.0534. The summed E-state index contributed by atoms with van der Waals surface area (Å²) in [6, 6.07) is 0.377. The molecule has 0 spiro atoms. The quantitative estimate of drug-likeness (QED) is 0.660. The molecule has 1 atom stereocenters. The molecule has 0 aliphatic heterocycles. The van der Waals surface area contributed by atoms with Crippen molar-refractivity contribution in [2.24, 2.45) is 5.92 Å². The molecule has 0 heterocycles. The number of nitrogens with zero attached hydrogens (tertiary/aromatic N) is 1. The lowest BCUT2D eigenvalue weighted by Gasteiger charge is -2.30. The maximum absolute atomic E-state index is 10.5. The van der Waals surface area contributed by atoms with Crippen LogP contribution < -0.4 is 0 Å². The van der Waals surface area contributed by atoms with Crippen LogP contribution in [0.3, 0.4) is 0 Å². The number of carboxylic acid groups (broad SMARTS) is 1. The summed E-state index contributed by atoms with van der Waals surface area (Å²) in [4.78, 5) is 12.9. The molecule has 0 aromatic rings. The zero-order chi connectivity index (χ0) is 12.6. The number of aliphatic carboxylic acids is 1. The smallest absolute Gasteiger partial charge is 0.303 e. The summed E-state index contributed by atoms with van der Waals surface area (Å²) < 4.78 is 0. The summed E-state index contributed by atoms with van der Waals surface area (Å²) in [6.07, 6.45) is 3.45. The van der Waals surface area contributed by atoms with Gasteiger partial charge in [0.1, 0.15) is 0 Å². The highest BCUT2D eigenvalue weighted by molar-refractivity contribution is 5.66. The average Bonchev–Trinajstić information content (AvgIpc) is 2.27. The van der Waals surface area contributed by atoms with E-state index in [1.165, 1.54) is 12.8 Å². The minimum Gasteiger partial charge on any atom is -0.481 e. The van der Waals surface area contributed by atoms with Gasteiger partial charge in [0.05, 0.1) is 0 Å². The lowest BCUT2D eigenvalue weighted by molar-refractivity contribution is -0.137. The van der Waals surface area contributed by atoms with Crippen LogP contribution in [-0.2, 0) is 4.79 Å². The van der Waals surface area contributed by atoms with Crippen molar-refractivity contribution in [3.05, 3.63) is 0 Å². The van der Waals surface area contributed by atoms with Gasteiger partial charge in [0, 0.05) is 19.0 Å². The molecule has 0 fully saturated rings. The third-order valence-electron chi connectivity index (χ3n) is 3.45. The third-order valence-corrected chi connectivity index (χ3v) is 3.45. The zero-order valence-corrected chi connectivity index (χ0v) is 11.2. The fourth-order valence-electron chi connectivity index (χ4n) is 2.01. The van der Waals surface area contributed by atoms with E-state index in [-0.39, 0.29) is 6.42 Å². The van der Waals surface area contributed by atoms with Crippen molar-refractivity contribution in [3.63, 3.8) is 0 Å². The normalized spacial score (nSPS) is 13.4. The SMILES string of the molecule is CCC(CC)CN(CC)C(C)CCC(=O)O. The zero-order valence-electron chi connectivity index (χ0n) is 11.2. The molecule has 0 saturated carbocycles. The van der Waals surface area contributed by atoms with Gasteiger partial charge in [-0.3, -0.25) is 4.79 Å². The molecule has 3 nitrogen and oxygen atoms in total. The van der Waals surface area contributed by atoms with E-state index in [9.17, 15) is 4.79 Å². The van der Waals surface area contributed by atoms with Crippen LogP contribution >= 0.6 is 0 Å². The second-order valence-corrected chi connectivity index (χ2v) is 4.55. The van der Waals surface area contributed by atoms with Crippen LogP contribution in [0.5, 0.6) is 0 Å². The molecule has 96 valence electrons. The van der Waals surface area contributed by atoms with Crippen LogP contribution in [0.15, 0.2) is 0 Å². The molecule has 1 unspecified atom stereocenters. The molecule has 0 bridgehead atoms. The fourth-order valence-corrected chi connectivity index (χ4v) is 2.01. The Kier molecular flexibility index (Phi) is 8.26. The predicted molar refractivity (Wildman–Crippen MR) is 67.7 cm³/mol. The van der Waals surface area contributed by atoms with Crippen molar-refractivity contribution < 1.29 is 9.90 Å². The summed E-state index contributed by atoms with van der Waals surface area (Å²) in [5, 5.41) is 8.67. The van der Waals surface area contributed by atoms with E-state index in [1.807, 2.05) is 0 Å². The minimum atomic E-state index is -0.689. The van der Waals surface area contributed by atoms with Crippen molar-refractivity contribution in [1.82, 2.24) is 4.90 Å². The second-order valence-electron chi connectivity index (χ2n) is 4.55. The van der Waals surface area contributed by atoms with Gasteiger partial charge in [-0.1, -0.05) is 33.6 Å². The van der Waals surface area contributed by atoms with Crippen molar-refractivity contribution in [2.45, 2.75) is 59.4 Å². The average molecular weight is 229 g/mol. The van der Waals surface area contributed by atoms with Gasteiger partial charge in [0.2, 0.25) is 0 Å². The van der Waals surface area contributed by atoms with E-state index in [2.05, 4.69) is 32.6 Å². The lowest BCUT2D eigenvalue weighted by atomic mass is 10.0. The number of hydrogen-bond donors (Lipinski definition) is 1. The molecule has 0 saturated heterocycles. The van der Waals surface area contributed by atoms with Gasteiger partial charge in [0.15, 0.2) is 0 Å². The fraction of sp³-hybridized carbons (Fsp3) is 0.923. The van der Waals surface area contributed by atoms with Crippen molar-refractivity contribution in [1.29, 1.82) is 0 Å². The topological polar surface area (TPSA) is 40.5 Å². The highest BCUT2D eigenvalue weighted by Gasteiger charge is 2.16. The monoisotopic (exact) mass is 229 g/mol. The van der Waals surface area contributed by atoms with E-state index in [1.54, 1.807) is 0 Å². The van der Waals surface area contributed by atoms with Crippen molar-refractivity contribution >= 4 is 5.97 Å². The number of carbonyl (C=O) groups is 1. The third kappa shape index (κ3) is 6.11. The molecule has 16 heavy (non-hydrogen) atoms. The molecule has 0 radical (unpaired) electrons. The van der Waals surface area contributed by atoms with Crippen LogP contribution in [0.1, 0.15) is 53.4 Å². The molecule has 1 N–H and O–H groups in total. The van der Waals surface area contributed by atoms with E-state index in [4.69, 9.17) is 5.11 Å². The summed E-state index contributed by atoms with van der Waals surface area (Å²) in [5.41, 5.74) is 0. The minimum absolute atomic E-state index is 0.278. The molecular formula is C13H27NO2. The first-order valence-electron chi connectivity index (χ1n) is 6.50. The Bertz CT molecular complexity index is 190. The molecule has 0 aromatic carbocycles. The van der Waals surface area contributed by atoms with Crippen molar-refractivity contribution in [3.8, 4) is 0 Å². The summed E-state index contributed by atoms with van der Waals surface area (Å²) >= 11 is 0. The van der Waals surface area contributed by atoms with Crippen LogP contribution in [0.4, 0.5) is 0 Å². The molecule has 0 rings (SSSR count). The highest BCUT2D eigenvalue weighted by atomic mass is 16.4. The van der Waals surface area contributed by atoms with Gasteiger partial charge >= 0.3 is 5.97 Å². The van der Waals surface area contributed by atoms with Crippen LogP contribution in [0, 0.1) is 5.92 Å². The summed E-state index contributed by atoms with van der Waals surface area (Å²) in [6.45, 7) is 10.9. The molecule has 3 heteroatoms. The second kappa shape index (κ2) is 8.57. The maximum Gasteiger partial charge on any atom is 0.303 e. The van der Waals surface area contributed by atoms with E-state index in [0.29, 0.717) is 6.04 Å². The van der Waals surface area contributed by atoms with E-state index in [0.717, 1.165) is 25.4 Å². The Morgan fingerprint density at radius 1 is 1.25 bits per heavy atom. The Balaban J connectivity index is 4.09. The van der Waals surface area contributed by atoms with Gasteiger partial charge < -0.3 is 10.0 Å². The van der Waals surface area contributed by atoms with Gasteiger partial charge in [-0.05, 0) is 25.8 Å². The predicted octanol–water partition coefficient (Wildman–Crippen LogP) is 3.00. The lowest BCUT2D eigenvalue weighted by Crippen LogP contribution is -2.37. The number of hydrogen-bond acceptors (Lipinski definition) is 2. The molecular weight excluding hydrogens is 202 g/mol. The molecule has 0 aliphatic carbocycles. The summed E-state index contributed by atoms with van der Waals surface area (Å²) in [7, 11) is 0. The van der Waals surface area contributed by atoms with Gasteiger partial charge in [-0.2, -0.15) is 0 Å². The first kappa shape index (κ1) is 15.4. The Morgan fingerprint density at radius 2 is 1.81 bits per heavy atom. The van der Waals surface area contributed by atoms with Gasteiger partial charge in [-0.25, -0.2) is 0 Å². The Hall–Kier alpha value is -0.570. The van der Waals surface area contributed by atoms with Crippen LogP contribution in [-0.4, -0.2) is 35.1 Å². The van der Waals surface area contributed by atoms with Crippen LogP contribution in [0.25, 0.3) is 0 Å². The highest BCUT2D eigenvalue weighted by Crippen LogP contribution is 2.14. The van der Waals surface area contributed by atoms with Gasteiger partial charge in [0.25, 0.3) is 0 Å². The maximum atomic E-state index is 10.5. The van der Waals surface area contributed by atoms with E-state index < -0.39 is 5.97 Å². The van der Waals surface area contributed by atoms with Crippen molar-refractivity contribution in [2.75, 3.05) is 13.1 Å². The number of rotatable bonds is 9. The Morgan fingerprint density at radius 3 is 2.19 bits per heavy atom. The van der Waals surface area contributed by atoms with Gasteiger partial charge in [-0.15, -0.1) is 0 Å². The first-order valence-corrected chi connectivity index (χ1v) is 6.50. The standard InChI is InChI=1S/C13H27NO2/c1-5-12(6-2)10-14(7-3)11(4)8-9-13(15)16/h11-12H,5-10H2,1-4H3,(H,15,16). The Labute approximate surface area is 99.8 Å². The first-order chi connectivity index (χ1) is 7.54. The number of carboxylic acids is 1.